The second-order valence-corrected chi connectivity index (χ2v) is 7.34. The maximum Gasteiger partial charge on any atom is 0.295 e. The summed E-state index contributed by atoms with van der Waals surface area (Å²) in [7, 11) is 3.35. The van der Waals surface area contributed by atoms with Gasteiger partial charge in [-0.15, -0.1) is 0 Å². The molecular formula is C24H27N3O4. The van der Waals surface area contributed by atoms with Gasteiger partial charge in [0, 0.05) is 13.1 Å². The lowest BCUT2D eigenvalue weighted by Gasteiger charge is -2.13. The van der Waals surface area contributed by atoms with Gasteiger partial charge in [-0.25, -0.2) is 4.68 Å². The summed E-state index contributed by atoms with van der Waals surface area (Å²) in [6.45, 7) is 5.67. The lowest BCUT2D eigenvalue weighted by atomic mass is 10.2. The van der Waals surface area contributed by atoms with Gasteiger partial charge in [-0.2, -0.15) is 0 Å². The highest BCUT2D eigenvalue weighted by Gasteiger charge is 2.17. The third-order valence-electron chi connectivity index (χ3n) is 4.78. The van der Waals surface area contributed by atoms with Gasteiger partial charge in [-0.05, 0) is 56.7 Å². The highest BCUT2D eigenvalue weighted by atomic mass is 16.5. The molecule has 3 aromatic rings. The topological polar surface area (TPSA) is 74.5 Å². The molecule has 2 aromatic carbocycles. The van der Waals surface area contributed by atoms with Gasteiger partial charge < -0.3 is 14.8 Å². The van der Waals surface area contributed by atoms with Crippen LogP contribution in [0.15, 0.2) is 59.4 Å². The maximum absolute atomic E-state index is 12.9. The first-order chi connectivity index (χ1) is 14.8. The van der Waals surface area contributed by atoms with E-state index in [2.05, 4.69) is 5.32 Å². The molecule has 1 aromatic heterocycles. The van der Waals surface area contributed by atoms with Crippen LogP contribution in [0.2, 0.25) is 0 Å². The van der Waals surface area contributed by atoms with Crippen molar-refractivity contribution >= 4 is 17.7 Å². The monoisotopic (exact) mass is 421 g/mol. The van der Waals surface area contributed by atoms with E-state index in [1.165, 1.54) is 10.8 Å². The predicted octanol–water partition coefficient (Wildman–Crippen LogP) is 3.93. The Morgan fingerprint density at radius 1 is 1.10 bits per heavy atom. The Labute approximate surface area is 181 Å². The van der Waals surface area contributed by atoms with E-state index >= 15 is 0 Å². The maximum atomic E-state index is 12.9. The molecule has 7 nitrogen and oxygen atoms in total. The fraction of sp³-hybridized carbons (Fsp3) is 0.250. The molecule has 0 aliphatic carbocycles. The van der Waals surface area contributed by atoms with Crippen LogP contribution < -0.4 is 20.3 Å². The minimum Gasteiger partial charge on any atom is -0.493 e. The van der Waals surface area contributed by atoms with Gasteiger partial charge in [-0.1, -0.05) is 24.3 Å². The Kier molecular flexibility index (Phi) is 6.65. The number of nitrogens with zero attached hydrogens (tertiary/aromatic N) is 2. The summed E-state index contributed by atoms with van der Waals surface area (Å²) in [5.74, 6) is 0.828. The minimum atomic E-state index is -0.396. The molecule has 0 fully saturated rings. The molecular weight excluding hydrogens is 394 g/mol. The third-order valence-corrected chi connectivity index (χ3v) is 4.78. The van der Waals surface area contributed by atoms with Crippen LogP contribution >= 0.6 is 0 Å². The van der Waals surface area contributed by atoms with Gasteiger partial charge in [0.25, 0.3) is 5.56 Å². The molecule has 0 saturated carbocycles. The fourth-order valence-corrected chi connectivity index (χ4v) is 3.19. The van der Waals surface area contributed by atoms with E-state index in [-0.39, 0.29) is 17.4 Å². The van der Waals surface area contributed by atoms with Crippen molar-refractivity contribution in [2.45, 2.75) is 26.9 Å². The number of anilines is 1. The molecule has 0 unspecified atom stereocenters. The summed E-state index contributed by atoms with van der Waals surface area (Å²) in [4.78, 5) is 25.4. The van der Waals surface area contributed by atoms with E-state index in [1.54, 1.807) is 44.0 Å². The molecule has 1 amide bonds. The van der Waals surface area contributed by atoms with Gasteiger partial charge in [0.05, 0.1) is 24.6 Å². The van der Waals surface area contributed by atoms with Crippen molar-refractivity contribution < 1.29 is 14.3 Å². The van der Waals surface area contributed by atoms with Crippen LogP contribution in [0.4, 0.5) is 5.69 Å². The van der Waals surface area contributed by atoms with Crippen LogP contribution in [0.25, 0.3) is 11.8 Å². The molecule has 0 saturated heterocycles. The van der Waals surface area contributed by atoms with Crippen molar-refractivity contribution in [3.63, 3.8) is 0 Å². The number of benzene rings is 2. The fourth-order valence-electron chi connectivity index (χ4n) is 3.19. The van der Waals surface area contributed by atoms with Crippen molar-refractivity contribution in [1.82, 2.24) is 9.36 Å². The number of nitrogens with one attached hydrogen (secondary N) is 1. The number of amides is 1. The second-order valence-electron chi connectivity index (χ2n) is 7.34. The Bertz CT molecular complexity index is 1160. The zero-order valence-electron chi connectivity index (χ0n) is 18.4. The van der Waals surface area contributed by atoms with Gasteiger partial charge in [0.2, 0.25) is 5.91 Å². The largest absolute Gasteiger partial charge is 0.493 e. The number of hydrogen-bond donors (Lipinski definition) is 1. The van der Waals surface area contributed by atoms with Crippen LogP contribution in [0.3, 0.4) is 0 Å². The van der Waals surface area contributed by atoms with Gasteiger partial charge in [0.15, 0.2) is 11.5 Å². The number of aromatic nitrogens is 2. The van der Waals surface area contributed by atoms with E-state index in [9.17, 15) is 9.59 Å². The van der Waals surface area contributed by atoms with E-state index in [0.717, 1.165) is 11.3 Å². The molecule has 31 heavy (non-hydrogen) atoms. The minimum absolute atomic E-state index is 0.0233. The summed E-state index contributed by atoms with van der Waals surface area (Å²) in [5, 5.41) is 2.71. The lowest BCUT2D eigenvalue weighted by molar-refractivity contribution is -0.111. The Morgan fingerprint density at radius 2 is 1.81 bits per heavy atom. The SMILES string of the molecule is COc1cc(/C=C/C(=O)Nc2c(C)n(C)n(-c3ccccc3)c2=O)ccc1OC(C)C. The highest BCUT2D eigenvalue weighted by Crippen LogP contribution is 2.29. The number of rotatable bonds is 7. The average Bonchev–Trinajstić information content (AvgIpc) is 2.96. The first-order valence-corrected chi connectivity index (χ1v) is 9.99. The van der Waals surface area contributed by atoms with Gasteiger partial charge in [-0.3, -0.25) is 14.3 Å². The number of para-hydroxylation sites is 1. The van der Waals surface area contributed by atoms with E-state index < -0.39 is 5.91 Å². The summed E-state index contributed by atoms with van der Waals surface area (Å²) in [5.41, 5.74) is 2.12. The molecule has 0 bridgehead atoms. The average molecular weight is 421 g/mol. The van der Waals surface area contributed by atoms with Crippen molar-refractivity contribution in [2.24, 2.45) is 7.05 Å². The van der Waals surface area contributed by atoms with Crippen molar-refractivity contribution in [1.29, 1.82) is 0 Å². The molecule has 7 heteroatoms. The third kappa shape index (κ3) is 4.88. The van der Waals surface area contributed by atoms with E-state index in [1.807, 2.05) is 50.2 Å². The predicted molar refractivity (Wildman–Crippen MR) is 122 cm³/mol. The highest BCUT2D eigenvalue weighted by molar-refractivity contribution is 6.02. The van der Waals surface area contributed by atoms with Crippen LogP contribution in [-0.4, -0.2) is 28.5 Å². The summed E-state index contributed by atoms with van der Waals surface area (Å²) < 4.78 is 14.3. The number of methoxy groups -OCH3 is 1. The van der Waals surface area contributed by atoms with Crippen molar-refractivity contribution in [3.8, 4) is 17.2 Å². The van der Waals surface area contributed by atoms with E-state index in [4.69, 9.17) is 9.47 Å². The Morgan fingerprint density at radius 3 is 2.45 bits per heavy atom. The zero-order valence-corrected chi connectivity index (χ0v) is 18.4. The van der Waals surface area contributed by atoms with Crippen LogP contribution in [-0.2, 0) is 11.8 Å². The second kappa shape index (κ2) is 9.38. The number of ether oxygens (including phenoxy) is 2. The summed E-state index contributed by atoms with van der Waals surface area (Å²) in [6, 6.07) is 14.7. The summed E-state index contributed by atoms with van der Waals surface area (Å²) >= 11 is 0. The van der Waals surface area contributed by atoms with E-state index in [0.29, 0.717) is 17.2 Å². The normalized spacial score (nSPS) is 11.2. The number of carbonyl (C=O) groups excluding carboxylic acids is 1. The standard InChI is InChI=1S/C24H27N3O4/c1-16(2)31-20-13-11-18(15-21(20)30-5)12-14-22(28)25-23-17(3)26(4)27(24(23)29)19-9-7-6-8-10-19/h6-16H,1-5H3,(H,25,28)/b14-12+. The van der Waals surface area contributed by atoms with Gasteiger partial charge >= 0.3 is 0 Å². The Balaban J connectivity index is 1.80. The summed E-state index contributed by atoms with van der Waals surface area (Å²) in [6.07, 6.45) is 3.07. The molecule has 0 atom stereocenters. The Hall–Kier alpha value is -3.74. The first kappa shape index (κ1) is 22.0. The molecule has 0 aliphatic rings. The van der Waals surface area contributed by atoms with Gasteiger partial charge in [0.1, 0.15) is 5.69 Å². The molecule has 0 radical (unpaired) electrons. The number of hydrogen-bond acceptors (Lipinski definition) is 4. The quantitative estimate of drug-likeness (QED) is 0.587. The lowest BCUT2D eigenvalue weighted by Crippen LogP contribution is -2.22. The van der Waals surface area contributed by atoms with Crippen LogP contribution in [0.1, 0.15) is 25.1 Å². The number of carbonyl (C=O) groups is 1. The van der Waals surface area contributed by atoms with Crippen molar-refractivity contribution in [3.05, 3.63) is 76.2 Å². The molecule has 1 heterocycles. The van der Waals surface area contributed by atoms with Crippen LogP contribution in [0, 0.1) is 6.92 Å². The van der Waals surface area contributed by atoms with Crippen LogP contribution in [0.5, 0.6) is 11.5 Å². The molecule has 162 valence electrons. The smallest absolute Gasteiger partial charge is 0.295 e. The molecule has 3 rings (SSSR count). The van der Waals surface area contributed by atoms with Crippen molar-refractivity contribution in [2.75, 3.05) is 12.4 Å². The first-order valence-electron chi connectivity index (χ1n) is 9.99. The molecule has 0 aliphatic heterocycles. The zero-order chi connectivity index (χ0) is 22.5. The molecule has 1 N–H and O–H groups in total. The molecule has 0 spiro atoms.